The Balaban J connectivity index is 1.87. The summed E-state index contributed by atoms with van der Waals surface area (Å²) < 4.78 is 28.6. The van der Waals surface area contributed by atoms with Crippen LogP contribution in [0.1, 0.15) is 38.1 Å². The molecule has 3 rings (SSSR count). The van der Waals surface area contributed by atoms with Gasteiger partial charge in [-0.25, -0.2) is 13.4 Å². The van der Waals surface area contributed by atoms with Gasteiger partial charge < -0.3 is 21.4 Å². The molecule has 2 aromatic rings. The van der Waals surface area contributed by atoms with E-state index >= 15 is 0 Å². The molecule has 9 nitrogen and oxygen atoms in total. The monoisotopic (exact) mass is 488 g/mol. The lowest BCUT2D eigenvalue weighted by atomic mass is 9.98. The van der Waals surface area contributed by atoms with Crippen LogP contribution in [-0.2, 0) is 14.8 Å². The van der Waals surface area contributed by atoms with Crippen LogP contribution in [0.2, 0.25) is 10.0 Å². The maximum Gasteiger partial charge on any atom is 0.241 e. The summed E-state index contributed by atoms with van der Waals surface area (Å²) >= 11 is 12.0. The molecular weight excluding hydrogens is 463 g/mol. The average molecular weight is 489 g/mol. The summed E-state index contributed by atoms with van der Waals surface area (Å²) in [5.41, 5.74) is 12.0. The predicted molar refractivity (Wildman–Crippen MR) is 120 cm³/mol. The van der Waals surface area contributed by atoms with Gasteiger partial charge in [0.25, 0.3) is 0 Å². The van der Waals surface area contributed by atoms with Gasteiger partial charge >= 0.3 is 0 Å². The summed E-state index contributed by atoms with van der Waals surface area (Å²) in [6, 6.07) is 0.631. The number of rotatable bonds is 7. The number of nitrogens with zero attached hydrogens (tertiary/aromatic N) is 2. The number of aromatic nitrogens is 2. The first-order valence-corrected chi connectivity index (χ1v) is 12.1. The van der Waals surface area contributed by atoms with Gasteiger partial charge in [0, 0.05) is 25.5 Å². The van der Waals surface area contributed by atoms with E-state index < -0.39 is 22.1 Å². The van der Waals surface area contributed by atoms with Crippen molar-refractivity contribution in [3.63, 3.8) is 0 Å². The standard InChI is InChI=1S/C19H26Cl2N6O3S/c1-11-2-6-27(7-3-11)19(28)16(10-15(22)18-24-4-5-25-18)26-31(29,30)12-8-13(20)17(23)14(21)9-12/h4-5,8-9,11,15-16,26H,2-3,6-7,10,22-23H2,1H3,(H,24,25). The molecule has 2 unspecified atom stereocenters. The number of nitrogens with two attached hydrogens (primary N) is 2. The molecule has 0 radical (unpaired) electrons. The highest BCUT2D eigenvalue weighted by Gasteiger charge is 2.33. The molecule has 2 atom stereocenters. The summed E-state index contributed by atoms with van der Waals surface area (Å²) in [6.07, 6.45) is 4.90. The zero-order chi connectivity index (χ0) is 22.8. The van der Waals surface area contributed by atoms with Crippen LogP contribution >= 0.6 is 23.2 Å². The SMILES string of the molecule is CC1CCN(C(=O)C(CC(N)c2ncc[nH]2)NS(=O)(=O)c2cc(Cl)c(N)c(Cl)c2)CC1. The maximum atomic E-state index is 13.2. The summed E-state index contributed by atoms with van der Waals surface area (Å²) in [5, 5.41) is 0.0149. The number of hydrogen-bond acceptors (Lipinski definition) is 6. The van der Waals surface area contributed by atoms with E-state index in [2.05, 4.69) is 21.6 Å². The molecule has 0 spiro atoms. The fourth-order valence-corrected chi connectivity index (χ4v) is 5.34. The lowest BCUT2D eigenvalue weighted by molar-refractivity contribution is -0.134. The number of anilines is 1. The molecule has 12 heteroatoms. The molecule has 1 aliphatic heterocycles. The number of amides is 1. The smallest absolute Gasteiger partial charge is 0.241 e. The molecule has 1 saturated heterocycles. The molecule has 2 heterocycles. The topological polar surface area (TPSA) is 147 Å². The van der Waals surface area contributed by atoms with E-state index in [1.807, 2.05) is 0 Å². The van der Waals surface area contributed by atoms with E-state index in [0.717, 1.165) is 12.8 Å². The Morgan fingerprint density at radius 2 is 1.94 bits per heavy atom. The second-order valence-electron chi connectivity index (χ2n) is 7.80. The van der Waals surface area contributed by atoms with Gasteiger partial charge in [0.2, 0.25) is 15.9 Å². The summed E-state index contributed by atoms with van der Waals surface area (Å²) in [7, 11) is -4.14. The molecule has 1 aromatic heterocycles. The molecule has 1 aromatic carbocycles. The molecule has 6 N–H and O–H groups in total. The van der Waals surface area contributed by atoms with Crippen molar-refractivity contribution in [3.05, 3.63) is 40.4 Å². The summed E-state index contributed by atoms with van der Waals surface area (Å²) in [6.45, 7) is 3.25. The van der Waals surface area contributed by atoms with Crippen molar-refractivity contribution in [2.24, 2.45) is 11.7 Å². The number of H-pyrrole nitrogens is 1. The summed E-state index contributed by atoms with van der Waals surface area (Å²) in [4.78, 5) is 21.7. The molecule has 170 valence electrons. The van der Waals surface area contributed by atoms with E-state index in [0.29, 0.717) is 24.8 Å². The predicted octanol–water partition coefficient (Wildman–Crippen LogP) is 2.29. The molecule has 1 fully saturated rings. The lowest BCUT2D eigenvalue weighted by Gasteiger charge is -2.33. The number of hydrogen-bond donors (Lipinski definition) is 4. The Labute approximate surface area is 191 Å². The minimum atomic E-state index is -4.14. The van der Waals surface area contributed by atoms with Gasteiger partial charge in [-0.3, -0.25) is 4.79 Å². The Hall–Kier alpha value is -1.85. The van der Waals surface area contributed by atoms with Gasteiger partial charge in [-0.05, 0) is 37.3 Å². The second kappa shape index (κ2) is 9.74. The number of halogens is 2. The van der Waals surface area contributed by atoms with Crippen LogP contribution in [0.3, 0.4) is 0 Å². The average Bonchev–Trinajstić information content (AvgIpc) is 3.26. The largest absolute Gasteiger partial charge is 0.396 e. The highest BCUT2D eigenvalue weighted by molar-refractivity contribution is 7.89. The molecule has 0 bridgehead atoms. The van der Waals surface area contributed by atoms with Crippen LogP contribution in [0.25, 0.3) is 0 Å². The van der Waals surface area contributed by atoms with E-state index in [4.69, 9.17) is 34.7 Å². The Bertz CT molecular complexity index is 1000. The van der Waals surface area contributed by atoms with Crippen LogP contribution in [0, 0.1) is 5.92 Å². The minimum absolute atomic E-state index is 0.00746. The first kappa shape index (κ1) is 23.8. The van der Waals surface area contributed by atoms with Gasteiger partial charge in [-0.15, -0.1) is 0 Å². The number of nitrogens with one attached hydrogen (secondary N) is 2. The lowest BCUT2D eigenvalue weighted by Crippen LogP contribution is -2.51. The maximum absolute atomic E-state index is 13.2. The number of likely N-dealkylation sites (tertiary alicyclic amines) is 1. The molecule has 1 amide bonds. The van der Waals surface area contributed by atoms with E-state index in [1.54, 1.807) is 17.3 Å². The van der Waals surface area contributed by atoms with Gasteiger partial charge in [0.15, 0.2) is 0 Å². The number of imidazole rings is 1. The van der Waals surface area contributed by atoms with E-state index in [9.17, 15) is 13.2 Å². The van der Waals surface area contributed by atoms with Crippen LogP contribution < -0.4 is 16.2 Å². The van der Waals surface area contributed by atoms with Gasteiger partial charge in [-0.2, -0.15) is 4.72 Å². The molecule has 0 saturated carbocycles. The zero-order valence-corrected chi connectivity index (χ0v) is 19.3. The molecule has 31 heavy (non-hydrogen) atoms. The third kappa shape index (κ3) is 5.69. The number of carbonyl (C=O) groups is 1. The molecule has 1 aliphatic rings. The normalized spacial score (nSPS) is 17.5. The van der Waals surface area contributed by atoms with Crippen molar-refractivity contribution in [2.75, 3.05) is 18.8 Å². The zero-order valence-electron chi connectivity index (χ0n) is 17.0. The van der Waals surface area contributed by atoms with Gasteiger partial charge in [0.05, 0.1) is 26.7 Å². The number of nitrogen functional groups attached to an aromatic ring is 1. The molecular formula is C19H26Cl2N6O3S. The van der Waals surface area contributed by atoms with Crippen LogP contribution in [0.15, 0.2) is 29.4 Å². The fraction of sp³-hybridized carbons (Fsp3) is 0.474. The van der Waals surface area contributed by atoms with Crippen LogP contribution in [0.5, 0.6) is 0 Å². The summed E-state index contributed by atoms with van der Waals surface area (Å²) in [5.74, 6) is 0.650. The van der Waals surface area contributed by atoms with E-state index in [1.165, 1.54) is 12.1 Å². The van der Waals surface area contributed by atoms with E-state index in [-0.39, 0.29) is 33.0 Å². The number of sulfonamides is 1. The number of benzene rings is 1. The van der Waals surface area contributed by atoms with Crippen molar-refractivity contribution in [1.29, 1.82) is 0 Å². The van der Waals surface area contributed by atoms with Gasteiger partial charge in [0.1, 0.15) is 11.9 Å². The third-order valence-electron chi connectivity index (χ3n) is 5.41. The van der Waals surface area contributed by atoms with Crippen molar-refractivity contribution in [2.45, 2.75) is 43.2 Å². The first-order chi connectivity index (χ1) is 14.6. The van der Waals surface area contributed by atoms with Crippen LogP contribution in [-0.4, -0.2) is 48.3 Å². The molecule has 0 aliphatic carbocycles. The van der Waals surface area contributed by atoms with Crippen LogP contribution in [0.4, 0.5) is 5.69 Å². The third-order valence-corrected chi connectivity index (χ3v) is 7.49. The first-order valence-electron chi connectivity index (χ1n) is 9.89. The number of aromatic amines is 1. The van der Waals surface area contributed by atoms with Crippen molar-refractivity contribution in [1.82, 2.24) is 19.6 Å². The minimum Gasteiger partial charge on any atom is -0.396 e. The van der Waals surface area contributed by atoms with Gasteiger partial charge in [-0.1, -0.05) is 30.1 Å². The second-order valence-corrected chi connectivity index (χ2v) is 10.3. The fourth-order valence-electron chi connectivity index (χ4n) is 3.47. The highest BCUT2D eigenvalue weighted by atomic mass is 35.5. The Morgan fingerprint density at radius 1 is 1.32 bits per heavy atom. The van der Waals surface area contributed by atoms with Crippen molar-refractivity contribution in [3.8, 4) is 0 Å². The quantitative estimate of drug-likeness (QED) is 0.439. The Kier molecular flexibility index (Phi) is 7.48. The Morgan fingerprint density at radius 3 is 2.48 bits per heavy atom. The van der Waals surface area contributed by atoms with Crippen molar-refractivity contribution < 1.29 is 13.2 Å². The van der Waals surface area contributed by atoms with Crippen molar-refractivity contribution >= 4 is 44.8 Å². The highest BCUT2D eigenvalue weighted by Crippen LogP contribution is 2.31. The number of piperidine rings is 1. The number of carbonyl (C=O) groups excluding carboxylic acids is 1.